The number of hydrogen-bond acceptors (Lipinski definition) is 5. The van der Waals surface area contributed by atoms with Gasteiger partial charge in [-0.25, -0.2) is 14.4 Å². The molecule has 1 aromatic heterocycles. The zero-order valence-electron chi connectivity index (χ0n) is 14.4. The summed E-state index contributed by atoms with van der Waals surface area (Å²) < 4.78 is 12.9. The number of nitrogens with one attached hydrogen (secondary N) is 1. The summed E-state index contributed by atoms with van der Waals surface area (Å²) in [5, 5.41) is 5.21. The number of hydrogen-bond donors (Lipinski definition) is 1. The van der Waals surface area contributed by atoms with Crippen molar-refractivity contribution in [2.75, 3.05) is 11.1 Å². The van der Waals surface area contributed by atoms with Crippen LogP contribution in [0.25, 0.3) is 0 Å². The molecule has 3 rings (SSSR count). The minimum absolute atomic E-state index is 0.131. The van der Waals surface area contributed by atoms with E-state index in [1.807, 2.05) is 6.92 Å². The molecule has 0 aliphatic carbocycles. The van der Waals surface area contributed by atoms with Crippen LogP contribution in [0.4, 0.5) is 10.1 Å². The highest BCUT2D eigenvalue weighted by atomic mass is 32.2. The molecule has 0 unspecified atom stereocenters. The maximum atomic E-state index is 12.9. The summed E-state index contributed by atoms with van der Waals surface area (Å²) in [5.74, 6) is 0.959. The van der Waals surface area contributed by atoms with Crippen molar-refractivity contribution in [1.82, 2.24) is 9.97 Å². The Labute approximate surface area is 155 Å². The first kappa shape index (κ1) is 18.2. The van der Waals surface area contributed by atoms with Gasteiger partial charge in [0.25, 0.3) is 0 Å². The SMILES string of the molecule is CC[C@H]1c2c(SCC(=O)Nc3ccc(F)cc3)nc(C)nc2S[C@@H]1C. The van der Waals surface area contributed by atoms with Gasteiger partial charge in [0.15, 0.2) is 0 Å². The highest BCUT2D eigenvalue weighted by molar-refractivity contribution is 8.01. The summed E-state index contributed by atoms with van der Waals surface area (Å²) in [6.07, 6.45) is 1.03. The summed E-state index contributed by atoms with van der Waals surface area (Å²) in [7, 11) is 0. The van der Waals surface area contributed by atoms with Gasteiger partial charge in [-0.05, 0) is 37.6 Å². The van der Waals surface area contributed by atoms with Crippen LogP contribution >= 0.6 is 23.5 Å². The van der Waals surface area contributed by atoms with Crippen LogP contribution in [0.2, 0.25) is 0 Å². The molecule has 0 saturated carbocycles. The van der Waals surface area contributed by atoms with Gasteiger partial charge in [-0.1, -0.05) is 25.6 Å². The van der Waals surface area contributed by atoms with Crippen LogP contribution in [-0.2, 0) is 4.79 Å². The molecular formula is C18H20FN3OS2. The van der Waals surface area contributed by atoms with Gasteiger partial charge in [0.05, 0.1) is 5.75 Å². The van der Waals surface area contributed by atoms with Crippen LogP contribution in [0, 0.1) is 12.7 Å². The molecule has 1 N–H and O–H groups in total. The molecule has 0 bridgehead atoms. The summed E-state index contributed by atoms with van der Waals surface area (Å²) in [5.41, 5.74) is 1.77. The fraction of sp³-hybridized carbons (Fsp3) is 0.389. The second kappa shape index (κ2) is 7.74. The first-order valence-corrected chi connectivity index (χ1v) is 10.1. The van der Waals surface area contributed by atoms with Crippen LogP contribution in [-0.4, -0.2) is 26.9 Å². The summed E-state index contributed by atoms with van der Waals surface area (Å²) in [6, 6.07) is 5.76. The van der Waals surface area contributed by atoms with E-state index in [0.29, 0.717) is 16.9 Å². The largest absolute Gasteiger partial charge is 0.325 e. The van der Waals surface area contributed by atoms with E-state index in [1.165, 1.54) is 29.5 Å². The first-order chi connectivity index (χ1) is 12.0. The van der Waals surface area contributed by atoms with Crippen LogP contribution in [0.5, 0.6) is 0 Å². The number of fused-ring (bicyclic) bond motifs is 1. The standard InChI is InChI=1S/C18H20FN3OS2/c1-4-14-10(2)25-18-16(14)17(20-11(3)21-18)24-9-15(23)22-13-7-5-12(19)6-8-13/h5-8,10,14H,4,9H2,1-3H3,(H,22,23)/t10-,14-/m1/s1. The number of carbonyl (C=O) groups is 1. The first-order valence-electron chi connectivity index (χ1n) is 8.21. The third-order valence-electron chi connectivity index (χ3n) is 4.13. The molecule has 1 aliphatic rings. The van der Waals surface area contributed by atoms with Gasteiger partial charge in [0.2, 0.25) is 5.91 Å². The molecule has 0 spiro atoms. The molecule has 0 radical (unpaired) electrons. The van der Waals surface area contributed by atoms with E-state index in [9.17, 15) is 9.18 Å². The molecule has 1 amide bonds. The van der Waals surface area contributed by atoms with E-state index >= 15 is 0 Å². The maximum Gasteiger partial charge on any atom is 0.234 e. The Balaban J connectivity index is 1.71. The van der Waals surface area contributed by atoms with Crippen LogP contribution < -0.4 is 5.32 Å². The molecule has 2 atom stereocenters. The Kier molecular flexibility index (Phi) is 5.64. The van der Waals surface area contributed by atoms with E-state index in [1.54, 1.807) is 23.9 Å². The number of anilines is 1. The minimum atomic E-state index is -0.323. The lowest BCUT2D eigenvalue weighted by Crippen LogP contribution is -2.15. The lowest BCUT2D eigenvalue weighted by molar-refractivity contribution is -0.113. The Morgan fingerprint density at radius 2 is 2.04 bits per heavy atom. The molecular weight excluding hydrogens is 357 g/mol. The zero-order valence-corrected chi connectivity index (χ0v) is 16.0. The van der Waals surface area contributed by atoms with Crippen LogP contribution in [0.1, 0.15) is 37.6 Å². The van der Waals surface area contributed by atoms with Crippen molar-refractivity contribution in [3.63, 3.8) is 0 Å². The van der Waals surface area contributed by atoms with Gasteiger partial charge >= 0.3 is 0 Å². The Morgan fingerprint density at radius 1 is 1.32 bits per heavy atom. The minimum Gasteiger partial charge on any atom is -0.325 e. The van der Waals surface area contributed by atoms with Crippen LogP contribution in [0.15, 0.2) is 34.3 Å². The van der Waals surface area contributed by atoms with Gasteiger partial charge in [-0.15, -0.1) is 11.8 Å². The fourth-order valence-corrected chi connectivity index (χ4v) is 5.35. The number of rotatable bonds is 5. The third-order valence-corrected chi connectivity index (χ3v) is 6.36. The molecule has 2 heterocycles. The highest BCUT2D eigenvalue weighted by Crippen LogP contribution is 2.48. The average Bonchev–Trinajstić information content (AvgIpc) is 2.89. The van der Waals surface area contributed by atoms with E-state index in [-0.39, 0.29) is 17.5 Å². The highest BCUT2D eigenvalue weighted by Gasteiger charge is 2.33. The Hall–Kier alpha value is -1.60. The predicted octanol–water partition coefficient (Wildman–Crippen LogP) is 4.64. The van der Waals surface area contributed by atoms with E-state index in [0.717, 1.165) is 22.3 Å². The lowest BCUT2D eigenvalue weighted by Gasteiger charge is -2.15. The van der Waals surface area contributed by atoms with Crippen molar-refractivity contribution in [1.29, 1.82) is 0 Å². The van der Waals surface area contributed by atoms with E-state index in [2.05, 4.69) is 29.1 Å². The molecule has 0 saturated heterocycles. The molecule has 1 aliphatic heterocycles. The second-order valence-electron chi connectivity index (χ2n) is 5.98. The molecule has 4 nitrogen and oxygen atoms in total. The van der Waals surface area contributed by atoms with Gasteiger partial charge in [-0.2, -0.15) is 0 Å². The smallest absolute Gasteiger partial charge is 0.234 e. The van der Waals surface area contributed by atoms with Crippen molar-refractivity contribution < 1.29 is 9.18 Å². The number of aryl methyl sites for hydroxylation is 1. The number of benzene rings is 1. The van der Waals surface area contributed by atoms with Gasteiger partial charge in [-0.3, -0.25) is 4.79 Å². The zero-order chi connectivity index (χ0) is 18.0. The van der Waals surface area contributed by atoms with Crippen molar-refractivity contribution >= 4 is 35.1 Å². The monoisotopic (exact) mass is 377 g/mol. The summed E-state index contributed by atoms with van der Waals surface area (Å²) in [6.45, 7) is 6.27. The molecule has 132 valence electrons. The number of amides is 1. The topological polar surface area (TPSA) is 54.9 Å². The van der Waals surface area contributed by atoms with Crippen molar-refractivity contribution in [2.45, 2.75) is 48.4 Å². The number of carbonyl (C=O) groups excluding carboxylic acids is 1. The molecule has 25 heavy (non-hydrogen) atoms. The molecule has 1 aromatic carbocycles. The molecule has 2 aromatic rings. The number of thioether (sulfide) groups is 2. The fourth-order valence-electron chi connectivity index (χ4n) is 2.94. The molecule has 7 heteroatoms. The molecule has 0 fully saturated rings. The predicted molar refractivity (Wildman–Crippen MR) is 101 cm³/mol. The number of halogens is 1. The van der Waals surface area contributed by atoms with Gasteiger partial charge in [0, 0.05) is 22.4 Å². The van der Waals surface area contributed by atoms with E-state index in [4.69, 9.17) is 0 Å². The van der Waals surface area contributed by atoms with Gasteiger partial charge in [0.1, 0.15) is 21.7 Å². The average molecular weight is 378 g/mol. The summed E-state index contributed by atoms with van der Waals surface area (Å²) >= 11 is 3.23. The summed E-state index contributed by atoms with van der Waals surface area (Å²) in [4.78, 5) is 21.3. The van der Waals surface area contributed by atoms with Crippen molar-refractivity contribution in [2.24, 2.45) is 0 Å². The van der Waals surface area contributed by atoms with Crippen molar-refractivity contribution in [3.8, 4) is 0 Å². The normalized spacial score (nSPS) is 18.9. The Morgan fingerprint density at radius 3 is 2.72 bits per heavy atom. The maximum absolute atomic E-state index is 12.9. The van der Waals surface area contributed by atoms with Crippen LogP contribution in [0.3, 0.4) is 0 Å². The Bertz CT molecular complexity index is 783. The van der Waals surface area contributed by atoms with Gasteiger partial charge < -0.3 is 5.32 Å². The van der Waals surface area contributed by atoms with E-state index < -0.39 is 0 Å². The van der Waals surface area contributed by atoms with Crippen molar-refractivity contribution in [3.05, 3.63) is 41.5 Å². The lowest BCUT2D eigenvalue weighted by atomic mass is 9.96. The second-order valence-corrected chi connectivity index (χ2v) is 8.31. The third kappa shape index (κ3) is 4.15. The number of aromatic nitrogens is 2. The number of nitrogens with zero attached hydrogens (tertiary/aromatic N) is 2. The quantitative estimate of drug-likeness (QED) is 0.607.